The molecule has 1 amide bonds. The van der Waals surface area contributed by atoms with Crippen LogP contribution in [0.1, 0.15) is 29.8 Å². The molecule has 4 heteroatoms. The molecule has 1 N–H and O–H groups in total. The minimum Gasteiger partial charge on any atom is -0.377 e. The summed E-state index contributed by atoms with van der Waals surface area (Å²) in [5, 5.41) is 2.86. The predicted molar refractivity (Wildman–Crippen MR) is 72.3 cm³/mol. The van der Waals surface area contributed by atoms with Crippen molar-refractivity contribution in [2.75, 3.05) is 13.2 Å². The molecule has 0 heterocycles. The van der Waals surface area contributed by atoms with Crippen molar-refractivity contribution < 1.29 is 9.53 Å². The summed E-state index contributed by atoms with van der Waals surface area (Å²) in [5.74, 6) is -0.0767. The smallest absolute Gasteiger partial charge is 0.252 e. The highest BCUT2D eigenvalue weighted by atomic mass is 79.9. The van der Waals surface area contributed by atoms with Crippen molar-refractivity contribution in [3.05, 3.63) is 33.8 Å². The fourth-order valence-electron chi connectivity index (χ4n) is 1.49. The summed E-state index contributed by atoms with van der Waals surface area (Å²) in [4.78, 5) is 11.9. The number of ether oxygens (including phenoxy) is 1. The summed E-state index contributed by atoms with van der Waals surface area (Å²) in [6.07, 6.45) is 0.0348. The van der Waals surface area contributed by atoms with E-state index in [0.29, 0.717) is 18.7 Å². The van der Waals surface area contributed by atoms with E-state index in [1.54, 1.807) is 0 Å². The van der Waals surface area contributed by atoms with Crippen molar-refractivity contribution in [1.82, 2.24) is 5.32 Å². The van der Waals surface area contributed by atoms with Crippen LogP contribution in [0.4, 0.5) is 0 Å². The first-order valence-electron chi connectivity index (χ1n) is 5.70. The summed E-state index contributed by atoms with van der Waals surface area (Å²) in [7, 11) is 0. The number of carbonyl (C=O) groups excluding carboxylic acids is 1. The lowest BCUT2D eigenvalue weighted by Gasteiger charge is -2.13. The number of aryl methyl sites for hydroxylation is 1. The van der Waals surface area contributed by atoms with E-state index in [1.165, 1.54) is 0 Å². The fourth-order valence-corrected chi connectivity index (χ4v) is 1.91. The molecule has 1 rings (SSSR count). The fraction of sp³-hybridized carbons (Fsp3) is 0.462. The molecule has 0 aliphatic heterocycles. The van der Waals surface area contributed by atoms with Crippen molar-refractivity contribution in [2.45, 2.75) is 26.9 Å². The van der Waals surface area contributed by atoms with Gasteiger partial charge in [0.25, 0.3) is 5.91 Å². The Morgan fingerprint density at radius 1 is 1.53 bits per heavy atom. The van der Waals surface area contributed by atoms with Gasteiger partial charge in [-0.25, -0.2) is 0 Å². The second-order valence-corrected chi connectivity index (χ2v) is 4.81. The number of rotatable bonds is 5. The summed E-state index contributed by atoms with van der Waals surface area (Å²) in [5.41, 5.74) is 1.73. The van der Waals surface area contributed by atoms with E-state index < -0.39 is 0 Å². The molecule has 0 aromatic heterocycles. The third kappa shape index (κ3) is 4.48. The number of hydrogen-bond acceptors (Lipinski definition) is 2. The number of benzene rings is 1. The van der Waals surface area contributed by atoms with Gasteiger partial charge < -0.3 is 10.1 Å². The predicted octanol–water partition coefficient (Wildman–Crippen LogP) is 2.91. The van der Waals surface area contributed by atoms with E-state index in [-0.39, 0.29) is 12.0 Å². The molecule has 0 fully saturated rings. The van der Waals surface area contributed by atoms with Gasteiger partial charge >= 0.3 is 0 Å². The van der Waals surface area contributed by atoms with Gasteiger partial charge in [0.15, 0.2) is 0 Å². The standard InChI is InChI=1S/C13H18BrNO2/c1-4-17-10(3)8-15-13(16)11-7-9(2)5-6-12(11)14/h5-7,10H,4,8H2,1-3H3,(H,15,16). The molecule has 0 saturated carbocycles. The lowest BCUT2D eigenvalue weighted by atomic mass is 10.1. The molecule has 1 aromatic rings. The lowest BCUT2D eigenvalue weighted by Crippen LogP contribution is -2.32. The number of hydrogen-bond donors (Lipinski definition) is 1. The largest absolute Gasteiger partial charge is 0.377 e. The number of halogens is 1. The van der Waals surface area contributed by atoms with Crippen molar-refractivity contribution in [1.29, 1.82) is 0 Å². The Morgan fingerprint density at radius 2 is 2.24 bits per heavy atom. The van der Waals surface area contributed by atoms with Gasteiger partial charge in [-0.2, -0.15) is 0 Å². The average molecular weight is 300 g/mol. The van der Waals surface area contributed by atoms with Crippen LogP contribution in [0.25, 0.3) is 0 Å². The van der Waals surface area contributed by atoms with Gasteiger partial charge in [-0.1, -0.05) is 11.6 Å². The van der Waals surface area contributed by atoms with Crippen LogP contribution in [0.5, 0.6) is 0 Å². The lowest BCUT2D eigenvalue weighted by molar-refractivity contribution is 0.0695. The van der Waals surface area contributed by atoms with Crippen LogP contribution < -0.4 is 5.32 Å². The first-order chi connectivity index (χ1) is 8.04. The Bertz CT molecular complexity index is 393. The molecule has 1 atom stereocenters. The van der Waals surface area contributed by atoms with Crippen LogP contribution >= 0.6 is 15.9 Å². The Labute approximate surface area is 111 Å². The molecule has 3 nitrogen and oxygen atoms in total. The van der Waals surface area contributed by atoms with Crippen LogP contribution in [-0.4, -0.2) is 25.2 Å². The van der Waals surface area contributed by atoms with Gasteiger partial charge in [-0.15, -0.1) is 0 Å². The molecule has 0 aliphatic carbocycles. The minimum absolute atomic E-state index is 0.0348. The quantitative estimate of drug-likeness (QED) is 0.908. The van der Waals surface area contributed by atoms with E-state index in [4.69, 9.17) is 4.74 Å². The maximum absolute atomic E-state index is 11.9. The zero-order valence-corrected chi connectivity index (χ0v) is 12.0. The molecule has 17 heavy (non-hydrogen) atoms. The third-order valence-electron chi connectivity index (χ3n) is 2.37. The first kappa shape index (κ1) is 14.2. The van der Waals surface area contributed by atoms with E-state index in [1.807, 2.05) is 39.0 Å². The van der Waals surface area contributed by atoms with Crippen molar-refractivity contribution >= 4 is 21.8 Å². The second kappa shape index (κ2) is 6.77. The van der Waals surface area contributed by atoms with Crippen LogP contribution in [-0.2, 0) is 4.74 Å². The van der Waals surface area contributed by atoms with E-state index in [2.05, 4.69) is 21.2 Å². The highest BCUT2D eigenvalue weighted by Crippen LogP contribution is 2.17. The van der Waals surface area contributed by atoms with Gasteiger partial charge in [-0.3, -0.25) is 4.79 Å². The topological polar surface area (TPSA) is 38.3 Å². The number of carbonyl (C=O) groups is 1. The molecule has 0 aliphatic rings. The molecule has 0 saturated heterocycles. The molecule has 0 bridgehead atoms. The molecule has 0 spiro atoms. The molecular formula is C13H18BrNO2. The zero-order valence-electron chi connectivity index (χ0n) is 10.4. The SMILES string of the molecule is CCOC(C)CNC(=O)c1cc(C)ccc1Br. The maximum Gasteiger partial charge on any atom is 0.252 e. The third-order valence-corrected chi connectivity index (χ3v) is 3.06. The van der Waals surface area contributed by atoms with Gasteiger partial charge in [0.1, 0.15) is 0 Å². The van der Waals surface area contributed by atoms with Crippen LogP contribution in [0.15, 0.2) is 22.7 Å². The van der Waals surface area contributed by atoms with Crippen LogP contribution in [0, 0.1) is 6.92 Å². The van der Waals surface area contributed by atoms with Crippen LogP contribution in [0.3, 0.4) is 0 Å². The maximum atomic E-state index is 11.9. The van der Waals surface area contributed by atoms with Gasteiger partial charge in [0.05, 0.1) is 11.7 Å². The molecule has 0 radical (unpaired) electrons. The normalized spacial score (nSPS) is 12.2. The van der Waals surface area contributed by atoms with Crippen LogP contribution in [0.2, 0.25) is 0 Å². The summed E-state index contributed by atoms with van der Waals surface area (Å²) in [6, 6.07) is 5.71. The highest BCUT2D eigenvalue weighted by Gasteiger charge is 2.11. The monoisotopic (exact) mass is 299 g/mol. The zero-order chi connectivity index (χ0) is 12.8. The number of amides is 1. The molecular weight excluding hydrogens is 282 g/mol. The van der Waals surface area contributed by atoms with E-state index >= 15 is 0 Å². The summed E-state index contributed by atoms with van der Waals surface area (Å²) in [6.45, 7) is 7.02. The van der Waals surface area contributed by atoms with Crippen molar-refractivity contribution in [2.24, 2.45) is 0 Å². The summed E-state index contributed by atoms with van der Waals surface area (Å²) >= 11 is 3.38. The van der Waals surface area contributed by atoms with Gasteiger partial charge in [0.2, 0.25) is 0 Å². The van der Waals surface area contributed by atoms with Gasteiger partial charge in [-0.05, 0) is 48.8 Å². The number of nitrogens with one attached hydrogen (secondary N) is 1. The Balaban J connectivity index is 2.61. The summed E-state index contributed by atoms with van der Waals surface area (Å²) < 4.78 is 6.17. The van der Waals surface area contributed by atoms with E-state index in [9.17, 15) is 4.79 Å². The molecule has 1 aromatic carbocycles. The Kier molecular flexibility index (Phi) is 5.65. The molecule has 1 unspecified atom stereocenters. The first-order valence-corrected chi connectivity index (χ1v) is 6.49. The second-order valence-electron chi connectivity index (χ2n) is 3.96. The molecule has 94 valence electrons. The Morgan fingerprint density at radius 3 is 2.88 bits per heavy atom. The Hall–Kier alpha value is -0.870. The van der Waals surface area contributed by atoms with Gasteiger partial charge in [0, 0.05) is 17.6 Å². The highest BCUT2D eigenvalue weighted by molar-refractivity contribution is 9.10. The van der Waals surface area contributed by atoms with E-state index in [0.717, 1.165) is 10.0 Å². The minimum atomic E-state index is -0.0767. The average Bonchev–Trinajstić information content (AvgIpc) is 2.29. The van der Waals surface area contributed by atoms with Crippen molar-refractivity contribution in [3.63, 3.8) is 0 Å². The van der Waals surface area contributed by atoms with Crippen molar-refractivity contribution in [3.8, 4) is 0 Å².